The van der Waals surface area contributed by atoms with Gasteiger partial charge >= 0.3 is 6.09 Å². The molecule has 0 spiro atoms. The van der Waals surface area contributed by atoms with E-state index in [1.165, 1.54) is 18.1 Å². The fourth-order valence-electron chi connectivity index (χ4n) is 3.50. The van der Waals surface area contributed by atoms with Crippen LogP contribution in [0, 0.1) is 5.92 Å². The van der Waals surface area contributed by atoms with Crippen molar-refractivity contribution in [3.63, 3.8) is 0 Å². The molecule has 1 saturated heterocycles. The summed E-state index contributed by atoms with van der Waals surface area (Å²) in [5.41, 5.74) is 0.794. The van der Waals surface area contributed by atoms with E-state index in [-0.39, 0.29) is 17.8 Å². The van der Waals surface area contributed by atoms with Crippen molar-refractivity contribution in [1.29, 1.82) is 0 Å². The molecule has 0 atom stereocenters. The second-order valence-electron chi connectivity index (χ2n) is 8.89. The summed E-state index contributed by atoms with van der Waals surface area (Å²) < 4.78 is 16.5. The smallest absolute Gasteiger partial charge is 0.410 e. The Labute approximate surface area is 178 Å². The van der Waals surface area contributed by atoms with E-state index in [0.717, 1.165) is 25.7 Å². The third kappa shape index (κ3) is 6.68. The van der Waals surface area contributed by atoms with Gasteiger partial charge in [0.2, 0.25) is 5.76 Å². The Morgan fingerprint density at radius 2 is 1.97 bits per heavy atom. The quantitative estimate of drug-likeness (QED) is 0.729. The first kappa shape index (κ1) is 22.0. The van der Waals surface area contributed by atoms with Crippen LogP contribution in [0.2, 0.25) is 0 Å². The lowest BCUT2D eigenvalue weighted by atomic mass is 9.97. The zero-order valence-corrected chi connectivity index (χ0v) is 18.1. The average molecular weight is 417 g/mol. The third-order valence-corrected chi connectivity index (χ3v) is 5.18. The Balaban J connectivity index is 1.36. The number of piperidine rings is 1. The number of allylic oxidation sites excluding steroid dienone is 4. The Morgan fingerprint density at radius 1 is 1.20 bits per heavy atom. The van der Waals surface area contributed by atoms with E-state index in [0.29, 0.717) is 37.7 Å². The maximum absolute atomic E-state index is 12.3. The van der Waals surface area contributed by atoms with Crippen LogP contribution < -0.4 is 5.32 Å². The lowest BCUT2D eigenvalue weighted by Crippen LogP contribution is -2.43. The number of nitrogens with one attached hydrogen (secondary N) is 1. The van der Waals surface area contributed by atoms with Crippen LogP contribution in [0.1, 0.15) is 52.9 Å². The number of rotatable bonds is 5. The van der Waals surface area contributed by atoms with Crippen LogP contribution in [0.4, 0.5) is 4.79 Å². The maximum Gasteiger partial charge on any atom is 0.410 e. The number of nitrogens with zero attached hydrogens (tertiary/aromatic N) is 1. The molecule has 7 nitrogen and oxygen atoms in total. The molecular weight excluding hydrogens is 384 g/mol. The number of amides is 2. The van der Waals surface area contributed by atoms with Gasteiger partial charge in [0, 0.05) is 26.1 Å². The number of likely N-dealkylation sites (tertiary alicyclic amines) is 1. The first-order chi connectivity index (χ1) is 14.3. The molecule has 0 unspecified atom stereocenters. The van der Waals surface area contributed by atoms with Crippen molar-refractivity contribution in [2.45, 2.75) is 58.5 Å². The standard InChI is InChI=1S/C23H32N2O5/c1-23(2,3)30-22(27)25-11-9-18(10-12-25)14-24-21(26)20-16-28-19(15-29-20)13-17-7-5-4-6-8-17/h4-5,7,15-16,18H,6,8-14H2,1-3H3,(H,24,26). The van der Waals surface area contributed by atoms with Crippen molar-refractivity contribution < 1.29 is 23.8 Å². The first-order valence-corrected chi connectivity index (χ1v) is 10.6. The zero-order valence-electron chi connectivity index (χ0n) is 18.1. The van der Waals surface area contributed by atoms with Crippen molar-refractivity contribution in [2.24, 2.45) is 5.92 Å². The summed E-state index contributed by atoms with van der Waals surface area (Å²) in [6, 6.07) is 0. The summed E-state index contributed by atoms with van der Waals surface area (Å²) >= 11 is 0. The molecule has 0 aromatic carbocycles. The molecular formula is C23H32N2O5. The molecule has 0 aromatic rings. The maximum atomic E-state index is 12.3. The number of ether oxygens (including phenoxy) is 3. The first-order valence-electron chi connectivity index (χ1n) is 10.6. The number of carbonyl (C=O) groups excluding carboxylic acids is 2. The Kier molecular flexibility index (Phi) is 7.24. The molecule has 1 N–H and O–H groups in total. The Hall–Kier alpha value is -2.70. The predicted molar refractivity (Wildman–Crippen MR) is 113 cm³/mol. The van der Waals surface area contributed by atoms with Gasteiger partial charge in [-0.2, -0.15) is 0 Å². The fraction of sp³-hybridized carbons (Fsp3) is 0.565. The van der Waals surface area contributed by atoms with Gasteiger partial charge in [0.25, 0.3) is 5.91 Å². The number of hydrogen-bond acceptors (Lipinski definition) is 5. The molecule has 0 aromatic heterocycles. The van der Waals surface area contributed by atoms with Crippen molar-refractivity contribution >= 4 is 12.0 Å². The third-order valence-electron chi connectivity index (χ3n) is 5.18. The molecule has 0 bridgehead atoms. The lowest BCUT2D eigenvalue weighted by molar-refractivity contribution is -0.120. The molecule has 164 valence electrons. The molecule has 0 saturated carbocycles. The topological polar surface area (TPSA) is 77.1 Å². The summed E-state index contributed by atoms with van der Waals surface area (Å²) in [6.45, 7) is 7.40. The van der Waals surface area contributed by atoms with Crippen LogP contribution in [-0.4, -0.2) is 42.1 Å². The van der Waals surface area contributed by atoms with E-state index in [2.05, 4.69) is 23.5 Å². The van der Waals surface area contributed by atoms with E-state index in [1.54, 1.807) is 4.90 Å². The van der Waals surface area contributed by atoms with Crippen molar-refractivity contribution in [3.8, 4) is 0 Å². The molecule has 1 fully saturated rings. The summed E-state index contributed by atoms with van der Waals surface area (Å²) in [5.74, 6) is 0.875. The molecule has 1 aliphatic carbocycles. The summed E-state index contributed by atoms with van der Waals surface area (Å²) in [7, 11) is 0. The van der Waals surface area contributed by atoms with E-state index in [1.807, 2.05) is 20.8 Å². The van der Waals surface area contributed by atoms with Gasteiger partial charge in [-0.1, -0.05) is 23.8 Å². The predicted octanol–water partition coefficient (Wildman–Crippen LogP) is 4.15. The van der Waals surface area contributed by atoms with Gasteiger partial charge in [0.15, 0.2) is 0 Å². The molecule has 30 heavy (non-hydrogen) atoms. The van der Waals surface area contributed by atoms with Crippen molar-refractivity contribution in [1.82, 2.24) is 10.2 Å². The molecule has 2 aliphatic heterocycles. The minimum Gasteiger partial charge on any atom is -0.462 e. The molecule has 2 heterocycles. The van der Waals surface area contributed by atoms with Gasteiger partial charge in [0.05, 0.1) is 0 Å². The highest BCUT2D eigenvalue weighted by molar-refractivity contribution is 5.91. The molecule has 0 radical (unpaired) electrons. The highest BCUT2D eigenvalue weighted by Gasteiger charge is 2.27. The van der Waals surface area contributed by atoms with Crippen LogP contribution in [-0.2, 0) is 19.0 Å². The summed E-state index contributed by atoms with van der Waals surface area (Å²) in [6.07, 6.45) is 13.3. The summed E-state index contributed by atoms with van der Waals surface area (Å²) in [4.78, 5) is 26.2. The fourth-order valence-corrected chi connectivity index (χ4v) is 3.50. The van der Waals surface area contributed by atoms with Gasteiger partial charge in [-0.25, -0.2) is 4.79 Å². The van der Waals surface area contributed by atoms with Crippen molar-refractivity contribution in [3.05, 3.63) is 47.8 Å². The van der Waals surface area contributed by atoms with Crippen LogP contribution in [0.3, 0.4) is 0 Å². The van der Waals surface area contributed by atoms with E-state index < -0.39 is 5.60 Å². The molecule has 3 aliphatic rings. The van der Waals surface area contributed by atoms with E-state index in [9.17, 15) is 9.59 Å². The molecule has 7 heteroatoms. The van der Waals surface area contributed by atoms with Gasteiger partial charge in [-0.05, 0) is 52.4 Å². The van der Waals surface area contributed by atoms with Crippen LogP contribution in [0.25, 0.3) is 0 Å². The Morgan fingerprint density at radius 3 is 2.57 bits per heavy atom. The number of carbonyl (C=O) groups is 2. The highest BCUT2D eigenvalue weighted by atomic mass is 16.6. The minimum atomic E-state index is -0.490. The van der Waals surface area contributed by atoms with E-state index in [4.69, 9.17) is 14.2 Å². The monoisotopic (exact) mass is 416 g/mol. The van der Waals surface area contributed by atoms with Gasteiger partial charge in [0.1, 0.15) is 23.9 Å². The van der Waals surface area contributed by atoms with E-state index >= 15 is 0 Å². The second-order valence-corrected chi connectivity index (χ2v) is 8.89. The lowest BCUT2D eigenvalue weighted by Gasteiger charge is -2.33. The van der Waals surface area contributed by atoms with Crippen molar-refractivity contribution in [2.75, 3.05) is 19.6 Å². The van der Waals surface area contributed by atoms with Crippen LogP contribution in [0.15, 0.2) is 47.8 Å². The highest BCUT2D eigenvalue weighted by Crippen LogP contribution is 2.24. The SMILES string of the molecule is CC(C)(C)OC(=O)N1CCC(CNC(=O)C2=COC(CC3=CC=CCC3)=CO2)CC1. The van der Waals surface area contributed by atoms with Gasteiger partial charge in [-0.15, -0.1) is 0 Å². The van der Waals surface area contributed by atoms with Crippen LogP contribution in [0.5, 0.6) is 0 Å². The van der Waals surface area contributed by atoms with Crippen LogP contribution >= 0.6 is 0 Å². The van der Waals surface area contributed by atoms with Gasteiger partial charge < -0.3 is 24.4 Å². The van der Waals surface area contributed by atoms with Gasteiger partial charge in [-0.3, -0.25) is 4.79 Å². The summed E-state index contributed by atoms with van der Waals surface area (Å²) in [5, 5.41) is 2.90. The molecule has 3 rings (SSSR count). The number of hydrogen-bond donors (Lipinski definition) is 1. The molecule has 2 amide bonds. The Bertz CT molecular complexity index is 765. The second kappa shape index (κ2) is 9.87. The zero-order chi connectivity index (χ0) is 21.6. The average Bonchev–Trinajstić information content (AvgIpc) is 2.72. The minimum absolute atomic E-state index is 0.155. The normalized spacial score (nSPS) is 19.7. The largest absolute Gasteiger partial charge is 0.462 e.